The SMILES string of the molecule is CNc1ncnc(Nc2cc(C3CC3)[nH]n2)c1Cl. The minimum Gasteiger partial charge on any atom is -0.372 e. The lowest BCUT2D eigenvalue weighted by Crippen LogP contribution is -2.00. The van der Waals surface area contributed by atoms with E-state index in [-0.39, 0.29) is 0 Å². The quantitative estimate of drug-likeness (QED) is 0.791. The topological polar surface area (TPSA) is 78.5 Å². The normalized spacial score (nSPS) is 14.6. The highest BCUT2D eigenvalue weighted by molar-refractivity contribution is 6.35. The van der Waals surface area contributed by atoms with Gasteiger partial charge in [0, 0.05) is 24.7 Å². The van der Waals surface area contributed by atoms with Gasteiger partial charge in [-0.3, -0.25) is 5.10 Å². The second-order valence-electron chi connectivity index (χ2n) is 4.24. The Balaban J connectivity index is 1.82. The molecule has 0 amide bonds. The van der Waals surface area contributed by atoms with E-state index in [0.717, 1.165) is 11.5 Å². The molecule has 0 unspecified atom stereocenters. The molecule has 1 aliphatic carbocycles. The van der Waals surface area contributed by atoms with Crippen LogP contribution in [0.4, 0.5) is 17.5 Å². The maximum Gasteiger partial charge on any atom is 0.156 e. The van der Waals surface area contributed by atoms with Gasteiger partial charge in [0.05, 0.1) is 0 Å². The summed E-state index contributed by atoms with van der Waals surface area (Å²) in [5.74, 6) is 2.50. The van der Waals surface area contributed by atoms with E-state index in [1.54, 1.807) is 7.05 Å². The van der Waals surface area contributed by atoms with Crippen molar-refractivity contribution < 1.29 is 0 Å². The second kappa shape index (κ2) is 4.45. The van der Waals surface area contributed by atoms with E-state index in [0.29, 0.717) is 22.6 Å². The van der Waals surface area contributed by atoms with Gasteiger partial charge < -0.3 is 10.6 Å². The van der Waals surface area contributed by atoms with Gasteiger partial charge in [-0.25, -0.2) is 9.97 Å². The molecule has 18 heavy (non-hydrogen) atoms. The van der Waals surface area contributed by atoms with E-state index in [1.807, 2.05) is 6.07 Å². The molecule has 0 saturated heterocycles. The number of hydrogen-bond donors (Lipinski definition) is 3. The van der Waals surface area contributed by atoms with Crippen LogP contribution >= 0.6 is 11.6 Å². The monoisotopic (exact) mass is 264 g/mol. The highest BCUT2D eigenvalue weighted by Crippen LogP contribution is 2.39. The molecule has 94 valence electrons. The number of anilines is 3. The van der Waals surface area contributed by atoms with Crippen LogP contribution in [0.3, 0.4) is 0 Å². The Hall–Kier alpha value is -1.82. The average molecular weight is 265 g/mol. The van der Waals surface area contributed by atoms with Crippen LogP contribution in [0.2, 0.25) is 5.02 Å². The number of nitrogens with zero attached hydrogens (tertiary/aromatic N) is 3. The van der Waals surface area contributed by atoms with Gasteiger partial charge in [-0.2, -0.15) is 5.10 Å². The van der Waals surface area contributed by atoms with Crippen LogP contribution in [0.5, 0.6) is 0 Å². The molecule has 1 fully saturated rings. The summed E-state index contributed by atoms with van der Waals surface area (Å²) in [6, 6.07) is 2.00. The summed E-state index contributed by atoms with van der Waals surface area (Å²) in [5, 5.41) is 13.7. The molecule has 1 saturated carbocycles. The number of hydrogen-bond acceptors (Lipinski definition) is 5. The van der Waals surface area contributed by atoms with Crippen molar-refractivity contribution in [2.45, 2.75) is 18.8 Å². The van der Waals surface area contributed by atoms with Gasteiger partial charge in [-0.05, 0) is 12.8 Å². The van der Waals surface area contributed by atoms with Gasteiger partial charge in [0.2, 0.25) is 0 Å². The van der Waals surface area contributed by atoms with Crippen molar-refractivity contribution in [2.75, 3.05) is 17.7 Å². The predicted molar refractivity (Wildman–Crippen MR) is 70.4 cm³/mol. The Kier molecular flexibility index (Phi) is 2.79. The number of nitrogens with one attached hydrogen (secondary N) is 3. The Morgan fingerprint density at radius 2 is 2.11 bits per heavy atom. The van der Waals surface area contributed by atoms with E-state index >= 15 is 0 Å². The van der Waals surface area contributed by atoms with Crippen LogP contribution in [-0.2, 0) is 0 Å². The third-order valence-electron chi connectivity index (χ3n) is 2.89. The Morgan fingerprint density at radius 3 is 2.83 bits per heavy atom. The smallest absolute Gasteiger partial charge is 0.156 e. The lowest BCUT2D eigenvalue weighted by molar-refractivity contribution is 0.966. The number of rotatable bonds is 4. The zero-order chi connectivity index (χ0) is 12.5. The first-order valence-electron chi connectivity index (χ1n) is 5.78. The summed E-state index contributed by atoms with van der Waals surface area (Å²) < 4.78 is 0. The van der Waals surface area contributed by atoms with E-state index in [2.05, 4.69) is 30.8 Å². The molecule has 2 heterocycles. The van der Waals surface area contributed by atoms with Crippen molar-refractivity contribution >= 4 is 29.1 Å². The van der Waals surface area contributed by atoms with Crippen LogP contribution in [0.25, 0.3) is 0 Å². The molecule has 1 aliphatic rings. The molecule has 6 nitrogen and oxygen atoms in total. The highest BCUT2D eigenvalue weighted by atomic mass is 35.5. The molecule has 3 N–H and O–H groups in total. The van der Waals surface area contributed by atoms with Crippen molar-refractivity contribution in [1.82, 2.24) is 20.2 Å². The maximum atomic E-state index is 6.15. The standard InChI is InChI=1S/C11H13ClN6/c1-13-10-9(12)11(15-5-14-10)16-8-4-7(17-18-8)6-2-3-6/h4-6H,2-3H2,1H3,(H3,13,14,15,16,17,18). The highest BCUT2D eigenvalue weighted by Gasteiger charge is 2.25. The Morgan fingerprint density at radius 1 is 1.33 bits per heavy atom. The molecule has 0 bridgehead atoms. The largest absolute Gasteiger partial charge is 0.372 e. The number of H-pyrrole nitrogens is 1. The molecule has 2 aromatic rings. The van der Waals surface area contributed by atoms with Crippen LogP contribution in [0.15, 0.2) is 12.4 Å². The maximum absolute atomic E-state index is 6.15. The average Bonchev–Trinajstić information content (AvgIpc) is 3.13. The van der Waals surface area contributed by atoms with Gasteiger partial charge in [0.1, 0.15) is 17.2 Å². The summed E-state index contributed by atoms with van der Waals surface area (Å²) in [6.45, 7) is 0. The van der Waals surface area contributed by atoms with Crippen LogP contribution in [0, 0.1) is 0 Å². The molecule has 3 rings (SSSR count). The zero-order valence-corrected chi connectivity index (χ0v) is 10.6. The second-order valence-corrected chi connectivity index (χ2v) is 4.62. The third kappa shape index (κ3) is 2.11. The molecular weight excluding hydrogens is 252 g/mol. The molecule has 0 spiro atoms. The van der Waals surface area contributed by atoms with Gasteiger partial charge in [0.25, 0.3) is 0 Å². The Bertz CT molecular complexity index is 562. The van der Waals surface area contributed by atoms with E-state index < -0.39 is 0 Å². The molecule has 0 atom stereocenters. The number of halogens is 1. The van der Waals surface area contributed by atoms with Crippen molar-refractivity contribution in [2.24, 2.45) is 0 Å². The van der Waals surface area contributed by atoms with Crippen molar-refractivity contribution in [3.05, 3.63) is 23.1 Å². The van der Waals surface area contributed by atoms with Gasteiger partial charge in [0.15, 0.2) is 11.6 Å². The van der Waals surface area contributed by atoms with E-state index in [9.17, 15) is 0 Å². The minimum absolute atomic E-state index is 0.455. The summed E-state index contributed by atoms with van der Waals surface area (Å²) in [7, 11) is 1.76. The fraction of sp³-hybridized carbons (Fsp3) is 0.364. The van der Waals surface area contributed by atoms with Gasteiger partial charge >= 0.3 is 0 Å². The van der Waals surface area contributed by atoms with Crippen LogP contribution < -0.4 is 10.6 Å². The fourth-order valence-electron chi connectivity index (χ4n) is 1.76. The van der Waals surface area contributed by atoms with Crippen molar-refractivity contribution in [3.8, 4) is 0 Å². The fourth-order valence-corrected chi connectivity index (χ4v) is 2.00. The third-order valence-corrected chi connectivity index (χ3v) is 3.25. The summed E-state index contributed by atoms with van der Waals surface area (Å²) in [5.41, 5.74) is 1.16. The lowest BCUT2D eigenvalue weighted by Gasteiger charge is -2.07. The number of aromatic nitrogens is 4. The van der Waals surface area contributed by atoms with Crippen LogP contribution in [-0.4, -0.2) is 27.2 Å². The van der Waals surface area contributed by atoms with Crippen molar-refractivity contribution in [3.63, 3.8) is 0 Å². The predicted octanol–water partition coefficient (Wildman–Crippen LogP) is 2.52. The first-order chi connectivity index (χ1) is 8.78. The van der Waals surface area contributed by atoms with Crippen molar-refractivity contribution in [1.29, 1.82) is 0 Å². The lowest BCUT2D eigenvalue weighted by atomic mass is 10.3. The van der Waals surface area contributed by atoms with Gasteiger partial charge in [-0.15, -0.1) is 0 Å². The minimum atomic E-state index is 0.455. The first kappa shape index (κ1) is 11.3. The van der Waals surface area contributed by atoms with Gasteiger partial charge in [-0.1, -0.05) is 11.6 Å². The van der Waals surface area contributed by atoms with E-state index in [4.69, 9.17) is 11.6 Å². The summed E-state index contributed by atoms with van der Waals surface area (Å²) in [4.78, 5) is 8.12. The summed E-state index contributed by atoms with van der Waals surface area (Å²) >= 11 is 6.15. The molecule has 0 aromatic carbocycles. The zero-order valence-electron chi connectivity index (χ0n) is 9.87. The molecule has 0 aliphatic heterocycles. The van der Waals surface area contributed by atoms with Crippen LogP contribution in [0.1, 0.15) is 24.5 Å². The number of aromatic amines is 1. The Labute approximate surface area is 109 Å². The first-order valence-corrected chi connectivity index (χ1v) is 6.16. The summed E-state index contributed by atoms with van der Waals surface area (Å²) in [6.07, 6.45) is 3.92. The molecule has 7 heteroatoms. The molecule has 0 radical (unpaired) electrons. The van der Waals surface area contributed by atoms with E-state index in [1.165, 1.54) is 19.2 Å². The molecular formula is C11H13ClN6. The molecule has 2 aromatic heterocycles.